The molecular formula is C13H25N2O6S. The lowest BCUT2D eigenvalue weighted by Gasteiger charge is -2.07. The highest BCUT2D eigenvalue weighted by atomic mass is 32.3. The van der Waals surface area contributed by atoms with Crippen molar-refractivity contribution in [3.63, 3.8) is 0 Å². The third-order valence-corrected chi connectivity index (χ3v) is 2.85. The molecule has 9 heteroatoms. The van der Waals surface area contributed by atoms with E-state index in [0.29, 0.717) is 13.2 Å². The molecule has 1 radical (unpaired) electrons. The zero-order chi connectivity index (χ0) is 16.8. The highest BCUT2D eigenvalue weighted by Crippen LogP contribution is 2.08. The molecule has 8 nitrogen and oxygen atoms in total. The second kappa shape index (κ2) is 12.5. The maximum Gasteiger partial charge on any atom is 0.564 e. The van der Waals surface area contributed by atoms with Crippen molar-refractivity contribution >= 4 is 10.4 Å². The standard InChI is InChI=1S/C8H14N2.C5H12O6S/c1-3-4-5-10-7-6-9(2)8-10;1-9-2-3-10-4-5-11-12(6,7)8/h6-7H,3-5H2,1-2H3;2-5H2,1H3,(H,6,7,8)/q+1;/p-1. The first kappa shape index (κ1) is 21.0. The summed E-state index contributed by atoms with van der Waals surface area (Å²) in [6.07, 6.45) is 6.55. The van der Waals surface area contributed by atoms with Crippen LogP contribution in [0.25, 0.3) is 0 Å². The molecule has 1 rings (SSSR count). The van der Waals surface area contributed by atoms with E-state index < -0.39 is 10.4 Å². The molecular weight excluding hydrogens is 312 g/mol. The van der Waals surface area contributed by atoms with E-state index in [1.807, 2.05) is 18.1 Å². The maximum atomic E-state index is 9.86. The van der Waals surface area contributed by atoms with Gasteiger partial charge in [-0.15, -0.1) is 9.80 Å². The van der Waals surface area contributed by atoms with Crippen molar-refractivity contribution in [2.45, 2.75) is 19.8 Å². The maximum absolute atomic E-state index is 9.86. The molecule has 1 heterocycles. The number of nitrogens with zero attached hydrogens (tertiary/aromatic N) is 2. The third-order valence-electron chi connectivity index (χ3n) is 2.40. The Bertz CT molecular complexity index is 388. The van der Waals surface area contributed by atoms with Crippen LogP contribution in [0.2, 0.25) is 0 Å². The Morgan fingerprint density at radius 1 is 1.18 bits per heavy atom. The van der Waals surface area contributed by atoms with Crippen LogP contribution in [0.1, 0.15) is 19.8 Å². The molecule has 0 saturated heterocycles. The predicted molar refractivity (Wildman–Crippen MR) is 80.1 cm³/mol. The molecule has 0 aromatic carbocycles. The lowest BCUT2D eigenvalue weighted by Crippen LogP contribution is -2.17. The smallest absolute Gasteiger partial charge is 0.564 e. The first-order valence-corrected chi connectivity index (χ1v) is 8.33. The number of hydrogen-bond acceptors (Lipinski definition) is 8. The molecule has 0 amide bonds. The van der Waals surface area contributed by atoms with Crippen LogP contribution in [0.5, 0.6) is 0 Å². The van der Waals surface area contributed by atoms with Gasteiger partial charge in [0.1, 0.15) is 0 Å². The summed E-state index contributed by atoms with van der Waals surface area (Å²) in [5.41, 5.74) is 0. The van der Waals surface area contributed by atoms with Crippen LogP contribution in [-0.2, 0) is 24.1 Å². The zero-order valence-corrected chi connectivity index (χ0v) is 14.2. The van der Waals surface area contributed by atoms with Gasteiger partial charge in [-0.25, -0.2) is 8.42 Å². The molecule has 129 valence electrons. The van der Waals surface area contributed by atoms with Crippen molar-refractivity contribution < 1.29 is 26.6 Å². The van der Waals surface area contributed by atoms with Gasteiger partial charge in [0.15, 0.2) is 0 Å². The summed E-state index contributed by atoms with van der Waals surface area (Å²) in [5.74, 6) is 0. The van der Waals surface area contributed by atoms with Gasteiger partial charge in [-0.3, -0.25) is 4.18 Å². The minimum Gasteiger partial charge on any atom is -0.726 e. The first-order chi connectivity index (χ1) is 10.4. The van der Waals surface area contributed by atoms with Crippen molar-refractivity contribution in [3.8, 4) is 0 Å². The topological polar surface area (TPSA) is 91.4 Å². The summed E-state index contributed by atoms with van der Waals surface area (Å²) in [6.45, 7) is 7.01. The van der Waals surface area contributed by atoms with E-state index >= 15 is 0 Å². The molecule has 0 saturated carbocycles. The molecule has 0 aliphatic carbocycles. The highest BCUT2D eigenvalue weighted by Gasteiger charge is 2.26. The largest absolute Gasteiger partial charge is 0.726 e. The summed E-state index contributed by atoms with van der Waals surface area (Å²) in [4.78, 5) is 4.03. The average Bonchev–Trinajstić information content (AvgIpc) is 2.86. The van der Waals surface area contributed by atoms with Crippen molar-refractivity contribution in [1.82, 2.24) is 9.80 Å². The van der Waals surface area contributed by atoms with Gasteiger partial charge in [0, 0.05) is 7.11 Å². The lowest BCUT2D eigenvalue weighted by molar-refractivity contribution is 0.0532. The summed E-state index contributed by atoms with van der Waals surface area (Å²) < 4.78 is 42.9. The van der Waals surface area contributed by atoms with Crippen LogP contribution in [0.3, 0.4) is 0 Å². The molecule has 0 aromatic heterocycles. The summed E-state index contributed by atoms with van der Waals surface area (Å²) in [6, 6.07) is 0. The third kappa shape index (κ3) is 14.0. The van der Waals surface area contributed by atoms with E-state index in [1.54, 1.807) is 0 Å². The number of methoxy groups -OCH3 is 1. The van der Waals surface area contributed by atoms with Crippen LogP contribution in [0.4, 0.5) is 0 Å². The monoisotopic (exact) mass is 337 g/mol. The molecule has 0 spiro atoms. The molecule has 1 aliphatic rings. The van der Waals surface area contributed by atoms with E-state index in [-0.39, 0.29) is 13.2 Å². The molecule has 1 aliphatic heterocycles. The second-order valence-corrected chi connectivity index (χ2v) is 5.44. The van der Waals surface area contributed by atoms with E-state index in [2.05, 4.69) is 33.6 Å². The molecule has 0 bridgehead atoms. The van der Waals surface area contributed by atoms with Crippen LogP contribution in [-0.4, -0.2) is 69.9 Å². The molecule has 22 heavy (non-hydrogen) atoms. The molecule has 0 unspecified atom stereocenters. The quantitative estimate of drug-likeness (QED) is 0.248. The lowest BCUT2D eigenvalue weighted by atomic mass is 10.3. The van der Waals surface area contributed by atoms with Gasteiger partial charge in [-0.05, 0) is 6.42 Å². The summed E-state index contributed by atoms with van der Waals surface area (Å²) >= 11 is 0. The minimum absolute atomic E-state index is 0.0603. The number of unbranched alkanes of at least 4 members (excludes halogenated alkanes) is 1. The summed E-state index contributed by atoms with van der Waals surface area (Å²) in [7, 11) is -1.07. The molecule has 0 aromatic rings. The van der Waals surface area contributed by atoms with Gasteiger partial charge in [-0.1, -0.05) is 13.3 Å². The molecule has 0 N–H and O–H groups in total. The van der Waals surface area contributed by atoms with E-state index in [0.717, 1.165) is 6.54 Å². The van der Waals surface area contributed by atoms with Gasteiger partial charge in [0.25, 0.3) is 0 Å². The van der Waals surface area contributed by atoms with Crippen molar-refractivity contribution in [1.29, 1.82) is 0 Å². The van der Waals surface area contributed by atoms with E-state index in [1.165, 1.54) is 20.0 Å². The fraction of sp³-hybridized carbons (Fsp3) is 0.769. The Kier molecular flexibility index (Phi) is 12.0. The highest BCUT2D eigenvalue weighted by molar-refractivity contribution is 7.80. The fourth-order valence-corrected chi connectivity index (χ4v) is 1.61. The first-order valence-electron chi connectivity index (χ1n) is 7.00. The Morgan fingerprint density at radius 3 is 2.36 bits per heavy atom. The van der Waals surface area contributed by atoms with Crippen LogP contribution in [0.15, 0.2) is 12.4 Å². The minimum atomic E-state index is -4.58. The SMILES string of the molecule is CCCCN1[C+]N(C)C=C1.COCCOCCOS(=O)(=O)[O-]. The van der Waals surface area contributed by atoms with Crippen molar-refractivity contribution in [3.05, 3.63) is 19.1 Å². The normalized spacial score (nSPS) is 13.8. The Morgan fingerprint density at radius 2 is 1.86 bits per heavy atom. The fourth-order valence-electron chi connectivity index (χ4n) is 1.34. The van der Waals surface area contributed by atoms with Gasteiger partial charge in [0.2, 0.25) is 10.4 Å². The van der Waals surface area contributed by atoms with E-state index in [9.17, 15) is 13.0 Å². The average molecular weight is 337 g/mol. The second-order valence-electron chi connectivity index (χ2n) is 4.39. The zero-order valence-electron chi connectivity index (χ0n) is 13.4. The van der Waals surface area contributed by atoms with Crippen molar-refractivity contribution in [2.24, 2.45) is 0 Å². The molecule has 0 atom stereocenters. The number of ether oxygens (including phenoxy) is 2. The van der Waals surface area contributed by atoms with Crippen molar-refractivity contribution in [2.75, 3.05) is 47.1 Å². The van der Waals surface area contributed by atoms with Crippen LogP contribution < -0.4 is 0 Å². The van der Waals surface area contributed by atoms with Crippen LogP contribution in [0, 0.1) is 6.67 Å². The Balaban J connectivity index is 0.000000406. The van der Waals surface area contributed by atoms with Gasteiger partial charge >= 0.3 is 6.67 Å². The van der Waals surface area contributed by atoms with E-state index in [4.69, 9.17) is 4.74 Å². The van der Waals surface area contributed by atoms with Gasteiger partial charge in [0.05, 0.1) is 52.4 Å². The van der Waals surface area contributed by atoms with Crippen LogP contribution >= 0.6 is 0 Å². The Hall–Kier alpha value is -1.00. The Labute approximate surface area is 133 Å². The molecule has 0 fully saturated rings. The van der Waals surface area contributed by atoms with Gasteiger partial charge in [-0.2, -0.15) is 0 Å². The number of rotatable bonds is 10. The van der Waals surface area contributed by atoms with Gasteiger partial charge < -0.3 is 14.0 Å². The number of hydrogen-bond donors (Lipinski definition) is 0. The summed E-state index contributed by atoms with van der Waals surface area (Å²) in [5, 5.41) is 0. The predicted octanol–water partition coefficient (Wildman–Crippen LogP) is 0.628.